The van der Waals surface area contributed by atoms with E-state index in [4.69, 9.17) is 47.4 Å². The lowest BCUT2D eigenvalue weighted by Crippen LogP contribution is -2.65. The lowest BCUT2D eigenvalue weighted by Gasteiger charge is -2.55. The van der Waals surface area contributed by atoms with Crippen LogP contribution in [0.2, 0.25) is 0 Å². The van der Waals surface area contributed by atoms with Gasteiger partial charge in [-0.25, -0.2) is 0 Å². The summed E-state index contributed by atoms with van der Waals surface area (Å²) < 4.78 is 68.1. The Morgan fingerprint density at radius 1 is 0.694 bits per heavy atom. The quantitative estimate of drug-likeness (QED) is 0.155. The van der Waals surface area contributed by atoms with Gasteiger partial charge in [-0.3, -0.25) is 9.59 Å². The number of ether oxygens (including phenoxy) is 10. The molecule has 62 heavy (non-hydrogen) atoms. The topological polar surface area (TPSA) is 147 Å². The number of esters is 1. The molecule has 0 amide bonds. The van der Waals surface area contributed by atoms with Crippen molar-refractivity contribution < 1.29 is 62.1 Å². The maximum Gasteiger partial charge on any atom is 0.308 e. The zero-order chi connectivity index (χ0) is 42.9. The summed E-state index contributed by atoms with van der Waals surface area (Å²) in [7, 11) is 0. The van der Waals surface area contributed by atoms with Crippen LogP contribution >= 0.6 is 0 Å². The second-order valence-electron chi connectivity index (χ2n) is 21.2. The summed E-state index contributed by atoms with van der Waals surface area (Å²) in [6.45, 7) is 12.7. The molecule has 10 rings (SSSR count). The highest BCUT2D eigenvalue weighted by Gasteiger charge is 2.57. The zero-order valence-corrected chi connectivity index (χ0v) is 37.1. The third-order valence-electron chi connectivity index (χ3n) is 16.2. The van der Waals surface area contributed by atoms with E-state index in [1.807, 2.05) is 0 Å². The van der Waals surface area contributed by atoms with E-state index < -0.39 is 23.4 Å². The van der Waals surface area contributed by atoms with Crippen molar-refractivity contribution in [1.29, 1.82) is 0 Å². The predicted molar refractivity (Wildman–Crippen MR) is 224 cm³/mol. The van der Waals surface area contributed by atoms with E-state index in [9.17, 15) is 14.7 Å². The maximum absolute atomic E-state index is 12.3. The smallest absolute Gasteiger partial charge is 0.308 e. The number of aliphatic hydroxyl groups excluding tert-OH is 1. The SMILES string of the molecule is C=C(C=O)C[C@@H]1C[C@H](O)C2OC3C[C@]4(C)OC5/C=C\CC6OC7C(C/C=C\CC6OC5CCCC4OC3CC2O1)OC1CC2OC3CC(=O)OC3C[C@@H](C)C[C@@]2(C)OC1C[C@@H]7C. The number of aldehydes is 1. The molecule has 8 fully saturated rings. The number of hydrogen-bond donors (Lipinski definition) is 1. The van der Waals surface area contributed by atoms with Crippen molar-refractivity contribution in [2.24, 2.45) is 11.8 Å². The summed E-state index contributed by atoms with van der Waals surface area (Å²) in [4.78, 5) is 23.6. The van der Waals surface area contributed by atoms with Crippen LogP contribution in [-0.4, -0.2) is 138 Å². The molecular weight excluding hydrogens is 797 g/mol. The van der Waals surface area contributed by atoms with E-state index in [1.165, 1.54) is 0 Å². The van der Waals surface area contributed by atoms with E-state index >= 15 is 0 Å². The standard InChI is InChI=1S/C49H70O13/c1-26-17-36-39(22-45(52)58-36)57-44-21-38-40(62-48(44,4)23-26)18-28(3)46-35(55-38)11-7-6-10-31-32(59-46)12-8-14-34-33(54-31)13-9-15-43-49(5,61-34)24-42-37(56-43)20-41-47(60-42)30(51)19-29(53-41)16-27(2)25-50/h6-8,14,25-26,28-44,46-47,51H,2,9-13,15-24H2,1,3-5H3/b7-6-,14-8-/t26-,28+,29-,30+,31?,32?,33?,34?,35?,36?,37?,38?,39?,40?,41?,42?,43?,44?,46?,47?,48-,49+/m1/s1. The van der Waals surface area contributed by atoms with Crippen LogP contribution in [0.15, 0.2) is 36.5 Å². The van der Waals surface area contributed by atoms with Crippen molar-refractivity contribution in [1.82, 2.24) is 0 Å². The fourth-order valence-corrected chi connectivity index (χ4v) is 13.2. The van der Waals surface area contributed by atoms with Crippen molar-refractivity contribution in [3.05, 3.63) is 36.5 Å². The summed E-state index contributed by atoms with van der Waals surface area (Å²) in [5, 5.41) is 11.2. The minimum atomic E-state index is -0.697. The number of rotatable bonds is 3. The van der Waals surface area contributed by atoms with Crippen molar-refractivity contribution in [2.75, 3.05) is 0 Å². The first-order valence-corrected chi connectivity index (χ1v) is 24.1. The molecule has 13 nitrogen and oxygen atoms in total. The highest BCUT2D eigenvalue weighted by Crippen LogP contribution is 2.48. The van der Waals surface area contributed by atoms with Gasteiger partial charge in [0.1, 0.15) is 30.7 Å². The van der Waals surface area contributed by atoms with Gasteiger partial charge in [0.25, 0.3) is 0 Å². The Bertz CT molecular complexity index is 1720. The van der Waals surface area contributed by atoms with Gasteiger partial charge >= 0.3 is 5.97 Å². The lowest BCUT2D eigenvalue weighted by atomic mass is 9.78. The Balaban J connectivity index is 0.817. The van der Waals surface area contributed by atoms with Gasteiger partial charge in [-0.2, -0.15) is 0 Å². The predicted octanol–water partition coefficient (Wildman–Crippen LogP) is 5.95. The highest BCUT2D eigenvalue weighted by molar-refractivity contribution is 5.72. The number of carbonyl (C=O) groups excluding carboxylic acids is 2. The number of fused-ring (bicyclic) bond motifs is 9. The summed E-state index contributed by atoms with van der Waals surface area (Å²) in [5.41, 5.74) is -0.638. The van der Waals surface area contributed by atoms with Crippen molar-refractivity contribution in [2.45, 2.75) is 245 Å². The summed E-state index contributed by atoms with van der Waals surface area (Å²) >= 11 is 0. The monoisotopic (exact) mass is 866 g/mol. The maximum atomic E-state index is 12.3. The van der Waals surface area contributed by atoms with Crippen LogP contribution in [0.1, 0.15) is 124 Å². The van der Waals surface area contributed by atoms with Crippen LogP contribution in [-0.2, 0) is 57.0 Å². The van der Waals surface area contributed by atoms with E-state index in [0.29, 0.717) is 56.4 Å². The summed E-state index contributed by atoms with van der Waals surface area (Å²) in [6.07, 6.45) is 15.7. The Morgan fingerprint density at radius 3 is 2.26 bits per heavy atom. The molecule has 0 aromatic rings. The average molecular weight is 867 g/mol. The van der Waals surface area contributed by atoms with Crippen molar-refractivity contribution >= 4 is 12.3 Å². The van der Waals surface area contributed by atoms with Gasteiger partial charge in [0.2, 0.25) is 0 Å². The average Bonchev–Trinajstić information content (AvgIpc) is 3.52. The van der Waals surface area contributed by atoms with Crippen LogP contribution in [0.5, 0.6) is 0 Å². The molecule has 0 radical (unpaired) electrons. The summed E-state index contributed by atoms with van der Waals surface area (Å²) in [6, 6.07) is 0. The van der Waals surface area contributed by atoms with Gasteiger partial charge in [0.15, 0.2) is 0 Å². The molecule has 0 aliphatic carbocycles. The molecule has 344 valence electrons. The molecule has 16 unspecified atom stereocenters. The molecule has 0 aromatic carbocycles. The largest absolute Gasteiger partial charge is 0.459 e. The third-order valence-corrected chi connectivity index (χ3v) is 16.2. The van der Waals surface area contributed by atoms with E-state index in [2.05, 4.69) is 58.6 Å². The van der Waals surface area contributed by atoms with Crippen LogP contribution in [0, 0.1) is 11.8 Å². The second kappa shape index (κ2) is 17.6. The Morgan fingerprint density at radius 2 is 1.42 bits per heavy atom. The van der Waals surface area contributed by atoms with E-state index in [1.54, 1.807) is 0 Å². The Labute approximate surface area is 366 Å². The molecule has 22 atom stereocenters. The van der Waals surface area contributed by atoms with Crippen LogP contribution in [0.3, 0.4) is 0 Å². The number of carbonyl (C=O) groups is 2. The van der Waals surface area contributed by atoms with Gasteiger partial charge in [0, 0.05) is 32.1 Å². The number of hydrogen-bond acceptors (Lipinski definition) is 13. The van der Waals surface area contributed by atoms with Gasteiger partial charge in [-0.15, -0.1) is 0 Å². The fourth-order valence-electron chi connectivity index (χ4n) is 13.2. The van der Waals surface area contributed by atoms with E-state index in [-0.39, 0.29) is 110 Å². The normalized spacial score (nSPS) is 53.8. The van der Waals surface area contributed by atoms with Gasteiger partial charge in [-0.05, 0) is 89.0 Å². The minimum absolute atomic E-state index is 0.0861. The molecule has 0 saturated carbocycles. The molecule has 10 aliphatic heterocycles. The summed E-state index contributed by atoms with van der Waals surface area (Å²) in [5.74, 6) is 0.336. The molecule has 0 spiro atoms. The van der Waals surface area contributed by atoms with Crippen LogP contribution < -0.4 is 0 Å². The Hall–Kier alpha value is -2.04. The molecule has 1 N–H and O–H groups in total. The van der Waals surface area contributed by atoms with Gasteiger partial charge < -0.3 is 52.5 Å². The zero-order valence-electron chi connectivity index (χ0n) is 37.1. The molecule has 13 heteroatoms. The van der Waals surface area contributed by atoms with E-state index in [0.717, 1.165) is 57.7 Å². The first-order chi connectivity index (χ1) is 29.8. The first kappa shape index (κ1) is 43.8. The van der Waals surface area contributed by atoms with Crippen molar-refractivity contribution in [3.63, 3.8) is 0 Å². The molecule has 10 aliphatic rings. The second-order valence-corrected chi connectivity index (χ2v) is 21.2. The van der Waals surface area contributed by atoms with Gasteiger partial charge in [-0.1, -0.05) is 44.7 Å². The highest BCUT2D eigenvalue weighted by atomic mass is 16.6. The van der Waals surface area contributed by atoms with Gasteiger partial charge in [0.05, 0.1) is 103 Å². The van der Waals surface area contributed by atoms with Crippen molar-refractivity contribution in [3.8, 4) is 0 Å². The van der Waals surface area contributed by atoms with Crippen LogP contribution in [0.4, 0.5) is 0 Å². The molecule has 0 bridgehead atoms. The third kappa shape index (κ3) is 8.71. The first-order valence-electron chi connectivity index (χ1n) is 24.1. The molecule has 10 heterocycles. The molecule has 0 aromatic heterocycles. The molecule has 8 saturated heterocycles. The fraction of sp³-hybridized carbons (Fsp3) is 0.837. The molecular formula is C49H70O13. The minimum Gasteiger partial charge on any atom is -0.459 e. The lowest BCUT2D eigenvalue weighted by molar-refractivity contribution is -0.316. The Kier molecular flexibility index (Phi) is 12.5. The van der Waals surface area contributed by atoms with Crippen LogP contribution in [0.25, 0.3) is 0 Å². The number of aliphatic hydroxyl groups is 1.